The number of rotatable bonds is 7. The largest absolute Gasteiger partial charge is 0.412 e. The molecule has 0 aliphatic heterocycles. The van der Waals surface area contributed by atoms with Gasteiger partial charge in [0.2, 0.25) is 15.7 Å². The van der Waals surface area contributed by atoms with Gasteiger partial charge >= 0.3 is 5.22 Å². The first-order chi connectivity index (χ1) is 12.9. The highest BCUT2D eigenvalue weighted by Gasteiger charge is 2.23. The average Bonchev–Trinajstić information content (AvgIpc) is 3.14. The number of nitrogens with one attached hydrogen (secondary N) is 1. The van der Waals surface area contributed by atoms with Crippen molar-refractivity contribution in [3.63, 3.8) is 0 Å². The van der Waals surface area contributed by atoms with E-state index in [1.807, 2.05) is 0 Å². The van der Waals surface area contributed by atoms with Gasteiger partial charge in [0, 0.05) is 19.2 Å². The molecule has 27 heavy (non-hydrogen) atoms. The Hall–Kier alpha value is -3.14. The van der Waals surface area contributed by atoms with E-state index < -0.39 is 20.9 Å². The number of hydrogen-bond acceptors (Lipinski definition) is 7. The highest BCUT2D eigenvalue weighted by molar-refractivity contribution is 7.90. The van der Waals surface area contributed by atoms with Crippen LogP contribution in [-0.4, -0.2) is 36.1 Å². The van der Waals surface area contributed by atoms with Crippen LogP contribution in [0.5, 0.6) is 0 Å². The summed E-state index contributed by atoms with van der Waals surface area (Å²) >= 11 is 0. The second-order valence-electron chi connectivity index (χ2n) is 5.57. The third-order valence-corrected chi connectivity index (χ3v) is 4.92. The van der Waals surface area contributed by atoms with Gasteiger partial charge in [0.1, 0.15) is 11.5 Å². The lowest BCUT2D eigenvalue weighted by molar-refractivity contribution is 0.0948. The number of carbonyl (C=O) groups excluding carboxylic acids is 1. The van der Waals surface area contributed by atoms with Crippen LogP contribution in [0.25, 0.3) is 0 Å². The smallest absolute Gasteiger partial charge is 0.335 e. The standard InChI is InChI=1S/C17H15FN4O4S/c18-13-6-4-12(5-7-13)11-27(24,25)17-22-21-15(26-17)8-10-20-16(23)14-3-1-2-9-19-14/h1-7,9H,8,10-11H2,(H,20,23). The van der Waals surface area contributed by atoms with Crippen molar-refractivity contribution in [2.24, 2.45) is 0 Å². The molecule has 2 aromatic heterocycles. The highest BCUT2D eigenvalue weighted by Crippen LogP contribution is 2.16. The number of pyridine rings is 1. The van der Waals surface area contributed by atoms with Gasteiger partial charge in [0.15, 0.2) is 0 Å². The Balaban J connectivity index is 1.57. The molecule has 0 bridgehead atoms. The third-order valence-electron chi connectivity index (χ3n) is 3.51. The molecule has 0 spiro atoms. The summed E-state index contributed by atoms with van der Waals surface area (Å²) in [7, 11) is -3.85. The van der Waals surface area contributed by atoms with E-state index in [-0.39, 0.29) is 36.2 Å². The predicted octanol–water partition coefficient (Wildman–Crippen LogP) is 1.55. The normalized spacial score (nSPS) is 11.3. The van der Waals surface area contributed by atoms with Gasteiger partial charge in [-0.1, -0.05) is 23.3 Å². The van der Waals surface area contributed by atoms with Gasteiger partial charge in [-0.2, -0.15) is 0 Å². The molecule has 0 radical (unpaired) electrons. The molecule has 0 saturated carbocycles. The zero-order valence-electron chi connectivity index (χ0n) is 14.0. The molecule has 0 fully saturated rings. The molecule has 0 unspecified atom stereocenters. The maximum Gasteiger partial charge on any atom is 0.335 e. The first kappa shape index (κ1) is 18.6. The molecule has 8 nitrogen and oxygen atoms in total. The maximum atomic E-state index is 12.9. The molecule has 0 atom stereocenters. The molecule has 0 saturated heterocycles. The van der Waals surface area contributed by atoms with Crippen molar-refractivity contribution in [1.29, 1.82) is 0 Å². The zero-order valence-corrected chi connectivity index (χ0v) is 14.8. The van der Waals surface area contributed by atoms with E-state index in [1.54, 1.807) is 18.2 Å². The van der Waals surface area contributed by atoms with Crippen LogP contribution in [0.15, 0.2) is 58.3 Å². The molecule has 1 N–H and O–H groups in total. The molecule has 0 aliphatic rings. The monoisotopic (exact) mass is 390 g/mol. The Bertz CT molecular complexity index is 1020. The average molecular weight is 390 g/mol. The number of benzene rings is 1. The summed E-state index contributed by atoms with van der Waals surface area (Å²) in [6, 6.07) is 10.1. The fourth-order valence-corrected chi connectivity index (χ4v) is 3.34. The second kappa shape index (κ2) is 8.04. The van der Waals surface area contributed by atoms with Crippen LogP contribution < -0.4 is 5.32 Å². The minimum Gasteiger partial charge on any atom is -0.412 e. The molecule has 10 heteroatoms. The molecule has 1 amide bonds. The van der Waals surface area contributed by atoms with E-state index in [2.05, 4.69) is 20.5 Å². The number of carbonyl (C=O) groups is 1. The van der Waals surface area contributed by atoms with Gasteiger partial charge in [-0.15, -0.1) is 5.10 Å². The van der Waals surface area contributed by atoms with Crippen LogP contribution in [0.3, 0.4) is 0 Å². The van der Waals surface area contributed by atoms with Crippen molar-refractivity contribution >= 4 is 15.7 Å². The van der Waals surface area contributed by atoms with Crippen LogP contribution in [0.2, 0.25) is 0 Å². The summed E-state index contributed by atoms with van der Waals surface area (Å²) in [5.41, 5.74) is 0.671. The molecule has 3 aromatic rings. The van der Waals surface area contributed by atoms with Gasteiger partial charge in [-0.05, 0) is 29.8 Å². The molecule has 140 valence electrons. The summed E-state index contributed by atoms with van der Waals surface area (Å²) in [5.74, 6) is -1.12. The lowest BCUT2D eigenvalue weighted by atomic mass is 10.2. The lowest BCUT2D eigenvalue weighted by Gasteiger charge is -2.02. The minimum absolute atomic E-state index is 0.0778. The van der Waals surface area contributed by atoms with E-state index in [0.717, 1.165) is 0 Å². The van der Waals surface area contributed by atoms with Crippen molar-refractivity contribution in [2.75, 3.05) is 6.54 Å². The molecule has 0 aliphatic carbocycles. The van der Waals surface area contributed by atoms with Crippen LogP contribution in [0.4, 0.5) is 4.39 Å². The van der Waals surface area contributed by atoms with Crippen LogP contribution in [0, 0.1) is 5.82 Å². The van der Waals surface area contributed by atoms with Crippen molar-refractivity contribution in [2.45, 2.75) is 17.4 Å². The van der Waals surface area contributed by atoms with Gasteiger partial charge in [-0.25, -0.2) is 12.8 Å². The van der Waals surface area contributed by atoms with Crippen molar-refractivity contribution < 1.29 is 22.0 Å². The van der Waals surface area contributed by atoms with E-state index >= 15 is 0 Å². The summed E-state index contributed by atoms with van der Waals surface area (Å²) in [6.45, 7) is 0.176. The van der Waals surface area contributed by atoms with Gasteiger partial charge in [-0.3, -0.25) is 9.78 Å². The van der Waals surface area contributed by atoms with Gasteiger partial charge < -0.3 is 9.73 Å². The predicted molar refractivity (Wildman–Crippen MR) is 91.9 cm³/mol. The first-order valence-corrected chi connectivity index (χ1v) is 9.58. The quantitative estimate of drug-likeness (QED) is 0.651. The summed E-state index contributed by atoms with van der Waals surface area (Å²) in [6.07, 6.45) is 1.67. The number of nitrogens with zero attached hydrogens (tertiary/aromatic N) is 3. The fourth-order valence-electron chi connectivity index (χ4n) is 2.20. The minimum atomic E-state index is -3.85. The molecule has 2 heterocycles. The summed E-state index contributed by atoms with van der Waals surface area (Å²) < 4.78 is 42.7. The summed E-state index contributed by atoms with van der Waals surface area (Å²) in [5, 5.41) is 9.35. The number of aromatic nitrogens is 3. The molecular formula is C17H15FN4O4S. The Kier molecular flexibility index (Phi) is 5.55. The third kappa shape index (κ3) is 4.94. The number of halogens is 1. The Morgan fingerprint density at radius 3 is 2.59 bits per heavy atom. The van der Waals surface area contributed by atoms with E-state index in [4.69, 9.17) is 4.42 Å². The second-order valence-corrected chi connectivity index (χ2v) is 7.44. The lowest BCUT2D eigenvalue weighted by Crippen LogP contribution is -2.26. The van der Waals surface area contributed by atoms with Crippen LogP contribution in [0.1, 0.15) is 21.9 Å². The summed E-state index contributed by atoms with van der Waals surface area (Å²) in [4.78, 5) is 15.8. The maximum absolute atomic E-state index is 12.9. The van der Waals surface area contributed by atoms with E-state index in [1.165, 1.54) is 30.5 Å². The zero-order chi connectivity index (χ0) is 19.3. The SMILES string of the molecule is O=C(NCCc1nnc(S(=O)(=O)Cc2ccc(F)cc2)o1)c1ccccn1. The van der Waals surface area contributed by atoms with Crippen LogP contribution >= 0.6 is 0 Å². The number of hydrogen-bond donors (Lipinski definition) is 1. The number of sulfone groups is 1. The fraction of sp³-hybridized carbons (Fsp3) is 0.176. The van der Waals surface area contributed by atoms with E-state index in [9.17, 15) is 17.6 Å². The highest BCUT2D eigenvalue weighted by atomic mass is 32.2. The Morgan fingerprint density at radius 1 is 1.11 bits per heavy atom. The molecule has 1 aromatic carbocycles. The van der Waals surface area contributed by atoms with E-state index in [0.29, 0.717) is 5.56 Å². The van der Waals surface area contributed by atoms with Crippen molar-refractivity contribution in [1.82, 2.24) is 20.5 Å². The topological polar surface area (TPSA) is 115 Å². The molecular weight excluding hydrogens is 375 g/mol. The van der Waals surface area contributed by atoms with Crippen molar-refractivity contribution in [3.05, 3.63) is 71.6 Å². The Morgan fingerprint density at radius 2 is 1.89 bits per heavy atom. The molecule has 3 rings (SSSR count). The Labute approximate surface area is 154 Å². The van der Waals surface area contributed by atoms with Gasteiger partial charge in [0.25, 0.3) is 5.91 Å². The first-order valence-electron chi connectivity index (χ1n) is 7.93. The van der Waals surface area contributed by atoms with Gasteiger partial charge in [0.05, 0.1) is 5.75 Å². The number of amides is 1. The van der Waals surface area contributed by atoms with Crippen LogP contribution in [-0.2, 0) is 22.0 Å². The van der Waals surface area contributed by atoms with Crippen molar-refractivity contribution in [3.8, 4) is 0 Å².